The Hall–Kier alpha value is -1.80. The van der Waals surface area contributed by atoms with Crippen molar-refractivity contribution in [1.29, 1.82) is 0 Å². The molecule has 1 aliphatic carbocycles. The van der Waals surface area contributed by atoms with Gasteiger partial charge in [-0.25, -0.2) is 0 Å². The summed E-state index contributed by atoms with van der Waals surface area (Å²) in [6.07, 6.45) is 7.79. The van der Waals surface area contributed by atoms with Crippen molar-refractivity contribution in [3.8, 4) is 0 Å². The molecule has 0 bridgehead atoms. The van der Waals surface area contributed by atoms with Gasteiger partial charge in [-0.05, 0) is 11.1 Å². The van der Waals surface area contributed by atoms with E-state index >= 15 is 0 Å². The number of nitrogens with two attached hydrogens (primary N) is 2. The molecule has 0 radical (unpaired) electrons. The van der Waals surface area contributed by atoms with Gasteiger partial charge in [0.05, 0.1) is 6.04 Å². The fourth-order valence-corrected chi connectivity index (χ4v) is 1.61. The van der Waals surface area contributed by atoms with Crippen LogP contribution < -0.4 is 11.5 Å². The van der Waals surface area contributed by atoms with Gasteiger partial charge in [0.15, 0.2) is 0 Å². The van der Waals surface area contributed by atoms with Crippen molar-refractivity contribution in [2.45, 2.75) is 6.04 Å². The molecule has 0 saturated carbocycles. The van der Waals surface area contributed by atoms with Crippen LogP contribution in [0, 0.1) is 0 Å². The van der Waals surface area contributed by atoms with Crippen molar-refractivity contribution in [2.24, 2.45) is 11.5 Å². The first-order valence-corrected chi connectivity index (χ1v) is 4.94. The van der Waals surface area contributed by atoms with Gasteiger partial charge in [0, 0.05) is 5.70 Å². The van der Waals surface area contributed by atoms with Gasteiger partial charge < -0.3 is 11.5 Å². The van der Waals surface area contributed by atoms with Gasteiger partial charge in [0.25, 0.3) is 0 Å². The zero-order chi connectivity index (χ0) is 10.7. The first-order valence-electron chi connectivity index (χ1n) is 4.94. The van der Waals surface area contributed by atoms with Gasteiger partial charge >= 0.3 is 0 Å². The summed E-state index contributed by atoms with van der Waals surface area (Å²) in [4.78, 5) is 0. The lowest BCUT2D eigenvalue weighted by Gasteiger charge is -2.15. The first-order chi connectivity index (χ1) is 7.29. The minimum Gasteiger partial charge on any atom is -0.398 e. The van der Waals surface area contributed by atoms with E-state index in [1.807, 2.05) is 54.6 Å². The second-order valence-electron chi connectivity index (χ2n) is 3.50. The molecule has 15 heavy (non-hydrogen) atoms. The van der Waals surface area contributed by atoms with E-state index in [1.54, 1.807) is 0 Å². The van der Waals surface area contributed by atoms with Crippen molar-refractivity contribution >= 4 is 5.70 Å². The Balaban J connectivity index is 2.42. The summed E-state index contributed by atoms with van der Waals surface area (Å²) < 4.78 is 0. The van der Waals surface area contributed by atoms with E-state index in [1.165, 1.54) is 0 Å². The maximum Gasteiger partial charge on any atom is 0.0504 e. The fraction of sp³-hybridized carbons (Fsp3) is 0.0769. The lowest BCUT2D eigenvalue weighted by atomic mass is 9.97. The van der Waals surface area contributed by atoms with Gasteiger partial charge in [-0.1, -0.05) is 54.6 Å². The topological polar surface area (TPSA) is 52.0 Å². The summed E-state index contributed by atoms with van der Waals surface area (Å²) in [7, 11) is 0. The smallest absolute Gasteiger partial charge is 0.0504 e. The Morgan fingerprint density at radius 2 is 1.80 bits per heavy atom. The average Bonchev–Trinajstić information content (AvgIpc) is 2.30. The lowest BCUT2D eigenvalue weighted by molar-refractivity contribution is 0.970. The molecule has 76 valence electrons. The number of benzene rings is 1. The van der Waals surface area contributed by atoms with Crippen LogP contribution in [0.15, 0.2) is 60.2 Å². The van der Waals surface area contributed by atoms with Crippen LogP contribution in [0.2, 0.25) is 0 Å². The Morgan fingerprint density at radius 1 is 1.07 bits per heavy atom. The largest absolute Gasteiger partial charge is 0.398 e. The van der Waals surface area contributed by atoms with E-state index < -0.39 is 0 Å². The summed E-state index contributed by atoms with van der Waals surface area (Å²) in [6.45, 7) is 0. The van der Waals surface area contributed by atoms with Gasteiger partial charge in [-0.3, -0.25) is 0 Å². The monoisotopic (exact) mass is 198 g/mol. The molecule has 2 heteroatoms. The molecule has 0 aromatic heterocycles. The third-order valence-corrected chi connectivity index (χ3v) is 2.46. The van der Waals surface area contributed by atoms with Crippen LogP contribution >= 0.6 is 0 Å². The van der Waals surface area contributed by atoms with Crippen molar-refractivity contribution in [2.75, 3.05) is 0 Å². The highest BCUT2D eigenvalue weighted by Crippen LogP contribution is 2.19. The summed E-state index contributed by atoms with van der Waals surface area (Å²) >= 11 is 0. The van der Waals surface area contributed by atoms with Gasteiger partial charge in [0.2, 0.25) is 0 Å². The molecular formula is C13H14N2. The summed E-state index contributed by atoms with van der Waals surface area (Å²) in [5.74, 6) is 0. The zero-order valence-corrected chi connectivity index (χ0v) is 8.43. The molecule has 0 saturated heterocycles. The van der Waals surface area contributed by atoms with Gasteiger partial charge in [-0.2, -0.15) is 0 Å². The highest BCUT2D eigenvalue weighted by atomic mass is 14.7. The van der Waals surface area contributed by atoms with Crippen LogP contribution in [0.1, 0.15) is 5.56 Å². The molecule has 0 fully saturated rings. The van der Waals surface area contributed by atoms with E-state index in [9.17, 15) is 0 Å². The Kier molecular flexibility index (Phi) is 2.70. The third-order valence-electron chi connectivity index (χ3n) is 2.46. The van der Waals surface area contributed by atoms with Crippen LogP contribution in [0.3, 0.4) is 0 Å². The maximum absolute atomic E-state index is 6.07. The fourth-order valence-electron chi connectivity index (χ4n) is 1.61. The van der Waals surface area contributed by atoms with Crippen LogP contribution in [0.5, 0.6) is 0 Å². The molecule has 0 spiro atoms. The van der Waals surface area contributed by atoms with E-state index in [4.69, 9.17) is 11.5 Å². The van der Waals surface area contributed by atoms with Crippen molar-refractivity contribution in [1.82, 2.24) is 0 Å². The highest BCUT2D eigenvalue weighted by Gasteiger charge is 2.10. The standard InChI is InChI=1S/C13H14N2/c14-12-9-5-4-8-11(12)13(15)10-6-2-1-3-7-10/h1-9,12H,14-15H2/b13-11-. The first kappa shape index (κ1) is 9.74. The number of allylic oxidation sites excluding steroid dienone is 2. The van der Waals surface area contributed by atoms with Gasteiger partial charge in [0.1, 0.15) is 0 Å². The van der Waals surface area contributed by atoms with Crippen LogP contribution in [-0.2, 0) is 0 Å². The SMILES string of the molecule is N/C(=C1/C=CC=CC1N)c1ccccc1. The molecule has 2 rings (SSSR count). The highest BCUT2D eigenvalue weighted by molar-refractivity contribution is 5.70. The van der Waals surface area contributed by atoms with Crippen molar-refractivity contribution in [3.05, 3.63) is 65.8 Å². The minimum atomic E-state index is -0.102. The molecule has 0 heterocycles. The Labute approximate surface area is 89.6 Å². The Morgan fingerprint density at radius 3 is 2.47 bits per heavy atom. The second-order valence-corrected chi connectivity index (χ2v) is 3.50. The summed E-state index contributed by atoms with van der Waals surface area (Å²) in [5.41, 5.74) is 14.8. The average molecular weight is 198 g/mol. The molecule has 1 aliphatic rings. The predicted molar refractivity (Wildman–Crippen MR) is 63.8 cm³/mol. The van der Waals surface area contributed by atoms with E-state index in [0.29, 0.717) is 0 Å². The van der Waals surface area contributed by atoms with Gasteiger partial charge in [-0.15, -0.1) is 0 Å². The predicted octanol–water partition coefficient (Wildman–Crippen LogP) is 1.81. The minimum absolute atomic E-state index is 0.102. The van der Waals surface area contributed by atoms with Crippen LogP contribution in [0.25, 0.3) is 5.70 Å². The van der Waals surface area contributed by atoms with E-state index in [0.717, 1.165) is 16.8 Å². The molecular weight excluding hydrogens is 184 g/mol. The molecule has 4 N–H and O–H groups in total. The number of hydrogen-bond donors (Lipinski definition) is 2. The Bertz CT molecular complexity index is 427. The molecule has 1 atom stereocenters. The quantitative estimate of drug-likeness (QED) is 0.723. The number of hydrogen-bond acceptors (Lipinski definition) is 2. The molecule has 1 aromatic rings. The number of rotatable bonds is 1. The summed E-state index contributed by atoms with van der Waals surface area (Å²) in [6, 6.07) is 9.78. The molecule has 0 aliphatic heterocycles. The van der Waals surface area contributed by atoms with Crippen molar-refractivity contribution < 1.29 is 0 Å². The normalized spacial score (nSPS) is 22.9. The molecule has 2 nitrogen and oxygen atoms in total. The van der Waals surface area contributed by atoms with Crippen LogP contribution in [0.4, 0.5) is 0 Å². The van der Waals surface area contributed by atoms with E-state index in [2.05, 4.69) is 0 Å². The van der Waals surface area contributed by atoms with Crippen LogP contribution in [-0.4, -0.2) is 6.04 Å². The van der Waals surface area contributed by atoms with Crippen molar-refractivity contribution in [3.63, 3.8) is 0 Å². The zero-order valence-electron chi connectivity index (χ0n) is 8.43. The molecule has 1 unspecified atom stereocenters. The lowest BCUT2D eigenvalue weighted by Crippen LogP contribution is -2.23. The molecule has 1 aromatic carbocycles. The maximum atomic E-state index is 6.07. The molecule has 0 amide bonds. The second kappa shape index (κ2) is 4.15. The summed E-state index contributed by atoms with van der Waals surface area (Å²) in [5, 5.41) is 0. The van der Waals surface area contributed by atoms with E-state index in [-0.39, 0.29) is 6.04 Å². The third kappa shape index (κ3) is 2.00.